The van der Waals surface area contributed by atoms with Gasteiger partial charge in [0.25, 0.3) is 5.91 Å². The molecular weight excluding hydrogens is 416 g/mol. The van der Waals surface area contributed by atoms with Crippen molar-refractivity contribution < 1.29 is 22.7 Å². The number of carbonyl (C=O) groups excluding carboxylic acids is 1. The van der Waals surface area contributed by atoms with E-state index >= 15 is 0 Å². The number of amides is 1. The lowest BCUT2D eigenvalue weighted by Gasteiger charge is -2.11. The summed E-state index contributed by atoms with van der Waals surface area (Å²) in [6, 6.07) is 11.5. The van der Waals surface area contributed by atoms with Gasteiger partial charge in [0.15, 0.2) is 6.61 Å². The van der Waals surface area contributed by atoms with Crippen molar-refractivity contribution in [2.45, 2.75) is 31.2 Å². The first-order valence-electron chi connectivity index (χ1n) is 9.17. The van der Waals surface area contributed by atoms with E-state index in [1.807, 2.05) is 31.2 Å². The fourth-order valence-corrected chi connectivity index (χ4v) is 3.77. The van der Waals surface area contributed by atoms with Gasteiger partial charge >= 0.3 is 0 Å². The minimum atomic E-state index is -3.63. The monoisotopic (exact) mass is 440 g/mol. The normalized spacial score (nSPS) is 11.1. The number of sulfonamides is 1. The number of halogens is 1. The standard InChI is InChI=1S/C20H25ClN2O5S/c1-3-4-11-23-29(25,26)17-9-10-19(18(21)12-17)28-14-20(24)22-13-15-5-7-16(27-2)8-6-15/h5-10,12,23H,3-4,11,13-14H2,1-2H3,(H,22,24). The van der Waals surface area contributed by atoms with E-state index < -0.39 is 10.0 Å². The molecule has 2 aromatic carbocycles. The first-order valence-corrected chi connectivity index (χ1v) is 11.0. The first-order chi connectivity index (χ1) is 13.9. The number of unbranched alkanes of at least 4 members (excludes halogenated alkanes) is 1. The predicted octanol–water partition coefficient (Wildman–Crippen LogP) is 3.12. The molecule has 0 aromatic heterocycles. The molecule has 0 radical (unpaired) electrons. The van der Waals surface area contributed by atoms with Gasteiger partial charge in [0.2, 0.25) is 10.0 Å². The largest absolute Gasteiger partial charge is 0.497 e. The van der Waals surface area contributed by atoms with Crippen LogP contribution < -0.4 is 19.5 Å². The fraction of sp³-hybridized carbons (Fsp3) is 0.350. The number of rotatable bonds is 11. The SMILES string of the molecule is CCCCNS(=O)(=O)c1ccc(OCC(=O)NCc2ccc(OC)cc2)c(Cl)c1. The lowest BCUT2D eigenvalue weighted by atomic mass is 10.2. The van der Waals surface area contributed by atoms with Crippen LogP contribution in [-0.2, 0) is 21.4 Å². The molecule has 2 N–H and O–H groups in total. The molecule has 7 nitrogen and oxygen atoms in total. The average molecular weight is 441 g/mol. The molecule has 2 rings (SSSR count). The maximum absolute atomic E-state index is 12.2. The zero-order chi connectivity index (χ0) is 21.3. The van der Waals surface area contributed by atoms with Crippen LogP contribution >= 0.6 is 11.6 Å². The van der Waals surface area contributed by atoms with Gasteiger partial charge in [0.1, 0.15) is 11.5 Å². The lowest BCUT2D eigenvalue weighted by molar-refractivity contribution is -0.123. The molecule has 0 bridgehead atoms. The van der Waals surface area contributed by atoms with Gasteiger partial charge in [-0.15, -0.1) is 0 Å². The number of hydrogen-bond acceptors (Lipinski definition) is 5. The van der Waals surface area contributed by atoms with Gasteiger partial charge in [-0.25, -0.2) is 13.1 Å². The van der Waals surface area contributed by atoms with Crippen molar-refractivity contribution >= 4 is 27.5 Å². The molecule has 0 saturated carbocycles. The zero-order valence-electron chi connectivity index (χ0n) is 16.4. The minimum absolute atomic E-state index is 0.0508. The molecule has 0 aliphatic heterocycles. The highest BCUT2D eigenvalue weighted by Gasteiger charge is 2.16. The topological polar surface area (TPSA) is 93.7 Å². The summed E-state index contributed by atoms with van der Waals surface area (Å²) in [5, 5.41) is 2.85. The Morgan fingerprint density at radius 3 is 2.48 bits per heavy atom. The van der Waals surface area contributed by atoms with Crippen LogP contribution in [0, 0.1) is 0 Å². The number of nitrogens with one attached hydrogen (secondary N) is 2. The first kappa shape index (κ1) is 23.0. The van der Waals surface area contributed by atoms with Gasteiger partial charge in [-0.2, -0.15) is 0 Å². The molecule has 158 valence electrons. The van der Waals surface area contributed by atoms with E-state index in [9.17, 15) is 13.2 Å². The Kier molecular flexibility index (Phi) is 8.75. The Balaban J connectivity index is 1.87. The third kappa shape index (κ3) is 7.23. The quantitative estimate of drug-likeness (QED) is 0.523. The smallest absolute Gasteiger partial charge is 0.258 e. The number of carbonyl (C=O) groups is 1. The third-order valence-corrected chi connectivity index (χ3v) is 5.80. The second kappa shape index (κ2) is 11.0. The zero-order valence-corrected chi connectivity index (χ0v) is 18.0. The molecule has 9 heteroatoms. The number of ether oxygens (including phenoxy) is 2. The Hall–Kier alpha value is -2.29. The maximum Gasteiger partial charge on any atom is 0.258 e. The third-order valence-electron chi connectivity index (χ3n) is 4.04. The summed E-state index contributed by atoms with van der Waals surface area (Å²) in [4.78, 5) is 12.0. The van der Waals surface area contributed by atoms with Crippen molar-refractivity contribution in [2.24, 2.45) is 0 Å². The minimum Gasteiger partial charge on any atom is -0.497 e. The molecule has 0 fully saturated rings. The number of methoxy groups -OCH3 is 1. The van der Waals surface area contributed by atoms with Gasteiger partial charge in [-0.05, 0) is 42.3 Å². The maximum atomic E-state index is 12.2. The highest BCUT2D eigenvalue weighted by Crippen LogP contribution is 2.27. The van der Waals surface area contributed by atoms with Crippen LogP contribution in [0.15, 0.2) is 47.4 Å². The summed E-state index contributed by atoms with van der Waals surface area (Å²) >= 11 is 6.12. The van der Waals surface area contributed by atoms with Gasteiger partial charge in [-0.1, -0.05) is 37.1 Å². The van der Waals surface area contributed by atoms with Gasteiger partial charge in [-0.3, -0.25) is 4.79 Å². The fourth-order valence-electron chi connectivity index (χ4n) is 2.37. The van der Waals surface area contributed by atoms with E-state index in [0.717, 1.165) is 24.2 Å². The Bertz CT molecular complexity index is 917. The van der Waals surface area contributed by atoms with Crippen LogP contribution in [0.5, 0.6) is 11.5 Å². The summed E-state index contributed by atoms with van der Waals surface area (Å²) in [6.45, 7) is 2.45. The molecule has 0 unspecified atom stereocenters. The van der Waals surface area contributed by atoms with Crippen molar-refractivity contribution in [1.29, 1.82) is 0 Å². The molecule has 0 aliphatic rings. The van der Waals surface area contributed by atoms with Crippen molar-refractivity contribution in [3.05, 3.63) is 53.1 Å². The predicted molar refractivity (Wildman–Crippen MR) is 112 cm³/mol. The van der Waals surface area contributed by atoms with Crippen LogP contribution in [-0.4, -0.2) is 34.6 Å². The lowest BCUT2D eigenvalue weighted by Crippen LogP contribution is -2.28. The number of benzene rings is 2. The molecule has 1 amide bonds. The Labute approximate surface area is 176 Å². The van der Waals surface area contributed by atoms with Crippen LogP contribution in [0.25, 0.3) is 0 Å². The van der Waals surface area contributed by atoms with E-state index in [1.54, 1.807) is 7.11 Å². The molecule has 2 aromatic rings. The van der Waals surface area contributed by atoms with Crippen LogP contribution in [0.3, 0.4) is 0 Å². The van der Waals surface area contributed by atoms with Crippen LogP contribution in [0.4, 0.5) is 0 Å². The van der Waals surface area contributed by atoms with E-state index in [-0.39, 0.29) is 28.2 Å². The van der Waals surface area contributed by atoms with Gasteiger partial charge < -0.3 is 14.8 Å². The molecule has 0 saturated heterocycles. The van der Waals surface area contributed by atoms with Crippen LogP contribution in [0.1, 0.15) is 25.3 Å². The highest BCUT2D eigenvalue weighted by molar-refractivity contribution is 7.89. The van der Waals surface area contributed by atoms with Crippen molar-refractivity contribution in [2.75, 3.05) is 20.3 Å². The number of hydrogen-bond donors (Lipinski definition) is 2. The Morgan fingerprint density at radius 2 is 1.86 bits per heavy atom. The van der Waals surface area contributed by atoms with E-state index in [0.29, 0.717) is 13.1 Å². The summed E-state index contributed by atoms with van der Waals surface area (Å²) < 4.78 is 37.4. The van der Waals surface area contributed by atoms with Crippen molar-refractivity contribution in [3.8, 4) is 11.5 Å². The summed E-state index contributed by atoms with van der Waals surface area (Å²) in [5.41, 5.74) is 0.919. The summed E-state index contributed by atoms with van der Waals surface area (Å²) in [5.74, 6) is 0.651. The van der Waals surface area contributed by atoms with Crippen LogP contribution in [0.2, 0.25) is 5.02 Å². The molecule has 0 atom stereocenters. The summed E-state index contributed by atoms with van der Waals surface area (Å²) in [7, 11) is -2.04. The van der Waals surface area contributed by atoms with E-state index in [4.69, 9.17) is 21.1 Å². The van der Waals surface area contributed by atoms with Gasteiger partial charge in [0.05, 0.1) is 17.0 Å². The van der Waals surface area contributed by atoms with Gasteiger partial charge in [0, 0.05) is 13.1 Å². The molecular formula is C20H25ClN2O5S. The molecule has 0 spiro atoms. The Morgan fingerprint density at radius 1 is 1.14 bits per heavy atom. The second-order valence-electron chi connectivity index (χ2n) is 6.26. The van der Waals surface area contributed by atoms with E-state index in [2.05, 4.69) is 10.0 Å². The molecule has 0 heterocycles. The highest BCUT2D eigenvalue weighted by atomic mass is 35.5. The summed E-state index contributed by atoms with van der Waals surface area (Å²) in [6.07, 6.45) is 1.64. The van der Waals surface area contributed by atoms with E-state index in [1.165, 1.54) is 18.2 Å². The average Bonchev–Trinajstić information content (AvgIpc) is 2.71. The molecule has 29 heavy (non-hydrogen) atoms. The van der Waals surface area contributed by atoms with Crippen molar-refractivity contribution in [3.63, 3.8) is 0 Å². The molecule has 0 aliphatic carbocycles. The van der Waals surface area contributed by atoms with Crippen molar-refractivity contribution in [1.82, 2.24) is 10.0 Å². The second-order valence-corrected chi connectivity index (χ2v) is 8.43.